The minimum atomic E-state index is -0.813. The molecule has 2 atom stereocenters. The van der Waals surface area contributed by atoms with Crippen molar-refractivity contribution in [2.75, 3.05) is 13.2 Å². The van der Waals surface area contributed by atoms with Gasteiger partial charge in [-0.2, -0.15) is 0 Å². The molecule has 1 amide bonds. The number of halogens is 1. The first-order chi connectivity index (χ1) is 8.49. The van der Waals surface area contributed by atoms with E-state index in [2.05, 4.69) is 15.9 Å². The van der Waals surface area contributed by atoms with E-state index >= 15 is 0 Å². The van der Waals surface area contributed by atoms with Gasteiger partial charge in [0.25, 0.3) is 0 Å². The number of hydrogen-bond acceptors (Lipinski definition) is 4. The average molecular weight is 316 g/mol. The minimum absolute atomic E-state index is 0.0987. The van der Waals surface area contributed by atoms with Gasteiger partial charge < -0.3 is 19.9 Å². The highest BCUT2D eigenvalue weighted by atomic mass is 79.9. The summed E-state index contributed by atoms with van der Waals surface area (Å²) in [6.45, 7) is 2.29. The lowest BCUT2D eigenvalue weighted by Gasteiger charge is -2.23. The summed E-state index contributed by atoms with van der Waals surface area (Å²) in [7, 11) is 0. The van der Waals surface area contributed by atoms with Crippen LogP contribution < -0.4 is 5.73 Å². The third-order valence-corrected chi connectivity index (χ3v) is 3.24. The lowest BCUT2D eigenvalue weighted by Crippen LogP contribution is -2.27. The first kappa shape index (κ1) is 13.3. The molecule has 1 aliphatic heterocycles. The predicted octanol–water partition coefficient (Wildman–Crippen LogP) is 2.13. The van der Waals surface area contributed by atoms with Gasteiger partial charge in [0.2, 0.25) is 0 Å². The number of benzene rings is 1. The molecule has 2 rings (SSSR count). The Morgan fingerprint density at radius 2 is 2.22 bits per heavy atom. The van der Waals surface area contributed by atoms with Crippen LogP contribution in [0.25, 0.3) is 0 Å². The van der Waals surface area contributed by atoms with Crippen LogP contribution in [0, 0.1) is 0 Å². The van der Waals surface area contributed by atoms with Gasteiger partial charge in [0.15, 0.2) is 5.79 Å². The Bertz CT molecular complexity index is 436. The molecular weight excluding hydrogens is 302 g/mol. The Balaban J connectivity index is 2.01. The van der Waals surface area contributed by atoms with E-state index in [-0.39, 0.29) is 12.7 Å². The third kappa shape index (κ3) is 3.01. The first-order valence-electron chi connectivity index (χ1n) is 5.50. The van der Waals surface area contributed by atoms with Crippen LogP contribution in [-0.4, -0.2) is 25.4 Å². The number of nitrogens with two attached hydrogens (primary N) is 1. The Labute approximate surface area is 113 Å². The molecule has 98 valence electrons. The summed E-state index contributed by atoms with van der Waals surface area (Å²) in [5.41, 5.74) is 5.81. The fraction of sp³-hybridized carbons (Fsp3) is 0.417. The standard InChI is InChI=1S/C12H14BrNO4/c1-12(8-2-4-9(13)5-3-8)17-7-10(18-12)6-16-11(14)15/h2-5,10H,6-7H2,1H3,(H2,14,15)/t10-,12+/m1/s1. The lowest BCUT2D eigenvalue weighted by molar-refractivity contribution is -0.165. The number of ether oxygens (including phenoxy) is 3. The molecule has 0 unspecified atom stereocenters. The summed E-state index contributed by atoms with van der Waals surface area (Å²) in [6, 6.07) is 7.67. The SMILES string of the molecule is C[C@]1(c2ccc(Br)cc2)OC[C@@H](COC(N)=O)O1. The van der Waals surface area contributed by atoms with Crippen LogP contribution in [0.4, 0.5) is 4.79 Å². The van der Waals surface area contributed by atoms with E-state index in [9.17, 15) is 4.79 Å². The van der Waals surface area contributed by atoms with Gasteiger partial charge in [0.05, 0.1) is 6.61 Å². The van der Waals surface area contributed by atoms with Gasteiger partial charge in [-0.25, -0.2) is 4.79 Å². The minimum Gasteiger partial charge on any atom is -0.447 e. The molecule has 0 aliphatic carbocycles. The van der Waals surface area contributed by atoms with Gasteiger partial charge in [0.1, 0.15) is 12.7 Å². The van der Waals surface area contributed by atoms with Crippen molar-refractivity contribution in [1.82, 2.24) is 0 Å². The number of primary amides is 1. The highest BCUT2D eigenvalue weighted by Gasteiger charge is 2.39. The molecular formula is C12H14BrNO4. The molecule has 0 aromatic heterocycles. The van der Waals surface area contributed by atoms with Crippen LogP contribution in [0.2, 0.25) is 0 Å². The van der Waals surface area contributed by atoms with Crippen LogP contribution in [0.5, 0.6) is 0 Å². The van der Waals surface area contributed by atoms with Gasteiger partial charge >= 0.3 is 6.09 Å². The van der Waals surface area contributed by atoms with Crippen molar-refractivity contribution >= 4 is 22.0 Å². The van der Waals surface area contributed by atoms with E-state index in [1.165, 1.54) is 0 Å². The quantitative estimate of drug-likeness (QED) is 0.927. The maximum Gasteiger partial charge on any atom is 0.404 e. The average Bonchev–Trinajstić information content (AvgIpc) is 2.71. The zero-order valence-electron chi connectivity index (χ0n) is 9.89. The maximum atomic E-state index is 10.5. The van der Waals surface area contributed by atoms with Crippen molar-refractivity contribution in [2.45, 2.75) is 18.8 Å². The zero-order chi connectivity index (χ0) is 13.2. The molecule has 1 heterocycles. The molecule has 0 radical (unpaired) electrons. The number of carbonyl (C=O) groups is 1. The zero-order valence-corrected chi connectivity index (χ0v) is 11.5. The van der Waals surface area contributed by atoms with Crippen LogP contribution in [0.1, 0.15) is 12.5 Å². The Hall–Kier alpha value is -1.11. The third-order valence-electron chi connectivity index (χ3n) is 2.72. The molecule has 1 saturated heterocycles. The molecule has 1 aliphatic rings. The van der Waals surface area contributed by atoms with Gasteiger partial charge in [-0.1, -0.05) is 28.1 Å². The van der Waals surface area contributed by atoms with Gasteiger partial charge in [-0.15, -0.1) is 0 Å². The summed E-state index contributed by atoms with van der Waals surface area (Å²) >= 11 is 3.37. The van der Waals surface area contributed by atoms with Crippen molar-refractivity contribution < 1.29 is 19.0 Å². The molecule has 1 aromatic rings. The second-order valence-electron chi connectivity index (χ2n) is 4.13. The number of carbonyl (C=O) groups excluding carboxylic acids is 1. The van der Waals surface area contributed by atoms with Crippen LogP contribution in [0.15, 0.2) is 28.7 Å². The highest BCUT2D eigenvalue weighted by Crippen LogP contribution is 2.34. The Morgan fingerprint density at radius 1 is 1.56 bits per heavy atom. The van der Waals surface area contributed by atoms with E-state index in [1.54, 1.807) is 0 Å². The number of amides is 1. The molecule has 0 saturated carbocycles. The van der Waals surface area contributed by atoms with Gasteiger partial charge in [-0.05, 0) is 19.1 Å². The largest absolute Gasteiger partial charge is 0.447 e. The van der Waals surface area contributed by atoms with Crippen molar-refractivity contribution in [1.29, 1.82) is 0 Å². The fourth-order valence-corrected chi connectivity index (χ4v) is 2.06. The predicted molar refractivity (Wildman–Crippen MR) is 67.9 cm³/mol. The monoisotopic (exact) mass is 315 g/mol. The normalized spacial score (nSPS) is 27.1. The second kappa shape index (κ2) is 5.26. The van der Waals surface area contributed by atoms with Crippen molar-refractivity contribution in [3.8, 4) is 0 Å². The second-order valence-corrected chi connectivity index (χ2v) is 5.05. The van der Waals surface area contributed by atoms with E-state index in [0.717, 1.165) is 10.0 Å². The summed E-state index contributed by atoms with van der Waals surface area (Å²) in [5, 5.41) is 0. The van der Waals surface area contributed by atoms with Crippen molar-refractivity contribution in [3.63, 3.8) is 0 Å². The van der Waals surface area contributed by atoms with Crippen LogP contribution >= 0.6 is 15.9 Å². The number of rotatable bonds is 3. The molecule has 0 bridgehead atoms. The summed E-state index contributed by atoms with van der Waals surface area (Å²) in [6.07, 6.45) is -1.11. The van der Waals surface area contributed by atoms with Gasteiger partial charge in [-0.3, -0.25) is 0 Å². The summed E-state index contributed by atoms with van der Waals surface area (Å²) < 4.78 is 17.1. The van der Waals surface area contributed by atoms with Crippen LogP contribution in [-0.2, 0) is 20.0 Å². The molecule has 0 spiro atoms. The topological polar surface area (TPSA) is 70.8 Å². The van der Waals surface area contributed by atoms with E-state index in [4.69, 9.17) is 19.9 Å². The maximum absolute atomic E-state index is 10.5. The van der Waals surface area contributed by atoms with Crippen molar-refractivity contribution in [2.24, 2.45) is 5.73 Å². The molecule has 5 nitrogen and oxygen atoms in total. The van der Waals surface area contributed by atoms with E-state index < -0.39 is 11.9 Å². The smallest absolute Gasteiger partial charge is 0.404 e. The Morgan fingerprint density at radius 3 is 2.83 bits per heavy atom. The lowest BCUT2D eigenvalue weighted by atomic mass is 10.1. The van der Waals surface area contributed by atoms with E-state index in [1.807, 2.05) is 31.2 Å². The van der Waals surface area contributed by atoms with Crippen LogP contribution in [0.3, 0.4) is 0 Å². The number of hydrogen-bond donors (Lipinski definition) is 1. The summed E-state index contributed by atoms with van der Waals surface area (Å²) in [4.78, 5) is 10.5. The van der Waals surface area contributed by atoms with E-state index in [0.29, 0.717) is 6.61 Å². The molecule has 2 N–H and O–H groups in total. The molecule has 18 heavy (non-hydrogen) atoms. The molecule has 1 fully saturated rings. The molecule has 6 heteroatoms. The molecule has 1 aromatic carbocycles. The van der Waals surface area contributed by atoms with Gasteiger partial charge in [0, 0.05) is 10.0 Å². The first-order valence-corrected chi connectivity index (χ1v) is 6.29. The summed E-state index contributed by atoms with van der Waals surface area (Å²) in [5.74, 6) is -0.813. The highest BCUT2D eigenvalue weighted by molar-refractivity contribution is 9.10. The fourth-order valence-electron chi connectivity index (χ4n) is 1.80. The van der Waals surface area contributed by atoms with Crippen molar-refractivity contribution in [3.05, 3.63) is 34.3 Å². The Kier molecular flexibility index (Phi) is 3.89.